The zero-order valence-corrected chi connectivity index (χ0v) is 19.2. The number of hydrogen-bond donors (Lipinski definition) is 1. The maximum absolute atomic E-state index is 12.9. The maximum Gasteiger partial charge on any atom is 0.326 e. The average Bonchev–Trinajstić information content (AvgIpc) is 3.13. The van der Waals surface area contributed by atoms with Gasteiger partial charge in [0.1, 0.15) is 11.8 Å². The summed E-state index contributed by atoms with van der Waals surface area (Å²) in [6.45, 7) is 1.24. The van der Waals surface area contributed by atoms with Gasteiger partial charge >= 0.3 is 5.97 Å². The van der Waals surface area contributed by atoms with Crippen molar-refractivity contribution in [1.82, 2.24) is 14.7 Å². The molecule has 0 bridgehead atoms. The van der Waals surface area contributed by atoms with Gasteiger partial charge in [0.2, 0.25) is 5.91 Å². The van der Waals surface area contributed by atoms with Crippen molar-refractivity contribution >= 4 is 29.6 Å². The van der Waals surface area contributed by atoms with E-state index in [0.717, 1.165) is 4.90 Å². The first-order chi connectivity index (χ1) is 16.8. The van der Waals surface area contributed by atoms with E-state index in [4.69, 9.17) is 4.74 Å². The van der Waals surface area contributed by atoms with Crippen molar-refractivity contribution in [3.8, 4) is 5.75 Å². The molecule has 4 amide bonds. The summed E-state index contributed by atoms with van der Waals surface area (Å²) in [4.78, 5) is 66.8. The summed E-state index contributed by atoms with van der Waals surface area (Å²) in [5.41, 5.74) is 0.761. The number of rotatable bonds is 7. The molecule has 0 radical (unpaired) electrons. The van der Waals surface area contributed by atoms with Crippen LogP contribution in [0.25, 0.3) is 0 Å². The van der Waals surface area contributed by atoms with Gasteiger partial charge < -0.3 is 19.6 Å². The molecule has 0 aliphatic carbocycles. The lowest BCUT2D eigenvalue weighted by Crippen LogP contribution is -2.51. The molecule has 1 atom stereocenters. The van der Waals surface area contributed by atoms with Crippen LogP contribution in [0, 0.1) is 0 Å². The summed E-state index contributed by atoms with van der Waals surface area (Å²) in [6, 6.07) is 11.6. The fraction of sp³-hybridized carbons (Fsp3) is 0.320. The molecule has 10 heteroatoms. The minimum absolute atomic E-state index is 0.148. The molecule has 2 aromatic carbocycles. The number of carbonyl (C=O) groups is 5. The number of carboxylic acid groups (broad SMARTS) is 1. The van der Waals surface area contributed by atoms with E-state index in [2.05, 4.69) is 0 Å². The Morgan fingerprint density at radius 2 is 1.43 bits per heavy atom. The molecule has 2 aliphatic heterocycles. The second-order valence-corrected chi connectivity index (χ2v) is 8.29. The van der Waals surface area contributed by atoms with Gasteiger partial charge in [0, 0.05) is 32.6 Å². The van der Waals surface area contributed by atoms with E-state index in [0.29, 0.717) is 37.5 Å². The van der Waals surface area contributed by atoms with Crippen LogP contribution < -0.4 is 4.74 Å². The molecule has 2 aliphatic rings. The lowest BCUT2D eigenvalue weighted by molar-refractivity contribution is -0.142. The highest BCUT2D eigenvalue weighted by Crippen LogP contribution is 2.26. The number of benzene rings is 2. The fourth-order valence-corrected chi connectivity index (χ4v) is 4.42. The second kappa shape index (κ2) is 9.96. The lowest BCUT2D eigenvalue weighted by atomic mass is 10.1. The van der Waals surface area contributed by atoms with Gasteiger partial charge in [0.15, 0.2) is 0 Å². The third-order valence-electron chi connectivity index (χ3n) is 6.31. The SMILES string of the molecule is COc1ccccc1C(=O)N1CCN(C(=O)CC[C@@H](C(=O)O)N2C(=O)c3ccccc3C2=O)CC1. The molecule has 0 saturated carbocycles. The number of ether oxygens (including phenoxy) is 1. The van der Waals surface area contributed by atoms with Crippen LogP contribution in [0.5, 0.6) is 5.75 Å². The van der Waals surface area contributed by atoms with Gasteiger partial charge in [-0.25, -0.2) is 4.79 Å². The molecule has 35 heavy (non-hydrogen) atoms. The standard InChI is InChI=1S/C25H25N3O7/c1-35-20-9-5-4-8-18(20)22(30)27-14-12-26(13-15-27)21(29)11-10-19(25(33)34)28-23(31)16-6-2-3-7-17(16)24(28)32/h2-9,19H,10-15H2,1H3,(H,33,34)/t19-/m0/s1. The Balaban J connectivity index is 1.35. The quantitative estimate of drug-likeness (QED) is 0.597. The van der Waals surface area contributed by atoms with Crippen LogP contribution in [0.15, 0.2) is 48.5 Å². The van der Waals surface area contributed by atoms with Gasteiger partial charge in [-0.1, -0.05) is 24.3 Å². The zero-order chi connectivity index (χ0) is 25.1. The molecule has 4 rings (SSSR count). The van der Waals surface area contributed by atoms with Crippen LogP contribution in [0.2, 0.25) is 0 Å². The van der Waals surface area contributed by atoms with Gasteiger partial charge in [-0.05, 0) is 30.7 Å². The van der Waals surface area contributed by atoms with Gasteiger partial charge in [0.25, 0.3) is 17.7 Å². The molecular weight excluding hydrogens is 454 g/mol. The summed E-state index contributed by atoms with van der Waals surface area (Å²) >= 11 is 0. The number of hydrogen-bond acceptors (Lipinski definition) is 6. The normalized spacial score (nSPS) is 16.2. The highest BCUT2D eigenvalue weighted by Gasteiger charge is 2.43. The number of amides is 4. The van der Waals surface area contributed by atoms with E-state index in [1.165, 1.54) is 19.2 Å². The van der Waals surface area contributed by atoms with Crippen LogP contribution in [0.1, 0.15) is 43.9 Å². The summed E-state index contributed by atoms with van der Waals surface area (Å²) in [5, 5.41) is 9.69. The second-order valence-electron chi connectivity index (χ2n) is 8.29. The zero-order valence-electron chi connectivity index (χ0n) is 19.2. The molecule has 2 heterocycles. The van der Waals surface area contributed by atoms with E-state index in [9.17, 15) is 29.1 Å². The summed E-state index contributed by atoms with van der Waals surface area (Å²) < 4.78 is 5.26. The third-order valence-corrected chi connectivity index (χ3v) is 6.31. The minimum atomic E-state index is -1.44. The summed E-state index contributed by atoms with van der Waals surface area (Å²) in [6.07, 6.45) is -0.342. The van der Waals surface area contributed by atoms with Crippen molar-refractivity contribution in [2.24, 2.45) is 0 Å². The van der Waals surface area contributed by atoms with Crippen molar-refractivity contribution in [1.29, 1.82) is 0 Å². The Hall–Kier alpha value is -4.21. The van der Waals surface area contributed by atoms with Crippen molar-refractivity contribution in [2.75, 3.05) is 33.3 Å². The average molecular weight is 479 g/mol. The molecule has 1 saturated heterocycles. The molecule has 1 fully saturated rings. The number of carbonyl (C=O) groups excluding carboxylic acids is 4. The summed E-state index contributed by atoms with van der Waals surface area (Å²) in [7, 11) is 1.50. The number of para-hydroxylation sites is 1. The molecule has 2 aromatic rings. The van der Waals surface area contributed by atoms with Crippen molar-refractivity contribution in [3.63, 3.8) is 0 Å². The van der Waals surface area contributed by atoms with Gasteiger partial charge in [0.05, 0.1) is 23.8 Å². The smallest absolute Gasteiger partial charge is 0.326 e. The number of nitrogens with zero attached hydrogens (tertiary/aromatic N) is 3. The predicted molar refractivity (Wildman–Crippen MR) is 123 cm³/mol. The lowest BCUT2D eigenvalue weighted by Gasteiger charge is -2.35. The Labute approximate surface area is 201 Å². The Bertz CT molecular complexity index is 1150. The number of carboxylic acids is 1. The molecule has 10 nitrogen and oxygen atoms in total. The van der Waals surface area contributed by atoms with E-state index in [1.54, 1.807) is 46.2 Å². The van der Waals surface area contributed by atoms with Crippen molar-refractivity contribution in [2.45, 2.75) is 18.9 Å². The van der Waals surface area contributed by atoms with Crippen molar-refractivity contribution in [3.05, 3.63) is 65.2 Å². The monoisotopic (exact) mass is 479 g/mol. The Kier molecular flexibility index (Phi) is 6.81. The van der Waals surface area contributed by atoms with E-state index in [-0.39, 0.29) is 35.8 Å². The van der Waals surface area contributed by atoms with Gasteiger partial charge in [-0.15, -0.1) is 0 Å². The Morgan fingerprint density at radius 1 is 0.886 bits per heavy atom. The Morgan fingerprint density at radius 3 is 2.00 bits per heavy atom. The van der Waals surface area contributed by atoms with Gasteiger partial charge in [-0.3, -0.25) is 24.1 Å². The number of fused-ring (bicyclic) bond motifs is 1. The molecular formula is C25H25N3O7. The first kappa shape index (κ1) is 23.9. The highest BCUT2D eigenvalue weighted by molar-refractivity contribution is 6.22. The van der Waals surface area contributed by atoms with Crippen molar-refractivity contribution < 1.29 is 33.8 Å². The predicted octanol–water partition coefficient (Wildman–Crippen LogP) is 1.51. The van der Waals surface area contributed by atoms with Gasteiger partial charge in [-0.2, -0.15) is 0 Å². The first-order valence-corrected chi connectivity index (χ1v) is 11.2. The number of imide groups is 1. The fourth-order valence-electron chi connectivity index (χ4n) is 4.42. The molecule has 0 aromatic heterocycles. The molecule has 0 unspecified atom stereocenters. The highest BCUT2D eigenvalue weighted by atomic mass is 16.5. The first-order valence-electron chi connectivity index (χ1n) is 11.2. The number of aliphatic carboxylic acids is 1. The molecule has 182 valence electrons. The van der Waals surface area contributed by atoms with Crippen LogP contribution in [-0.4, -0.2) is 88.7 Å². The minimum Gasteiger partial charge on any atom is -0.496 e. The van der Waals surface area contributed by atoms with E-state index in [1.807, 2.05) is 0 Å². The summed E-state index contributed by atoms with van der Waals surface area (Å²) in [5.74, 6) is -2.70. The number of piperazine rings is 1. The van der Waals surface area contributed by atoms with E-state index < -0.39 is 23.8 Å². The van der Waals surface area contributed by atoms with E-state index >= 15 is 0 Å². The van der Waals surface area contributed by atoms with Crippen LogP contribution >= 0.6 is 0 Å². The molecule has 0 spiro atoms. The molecule has 1 N–H and O–H groups in total. The van der Waals surface area contributed by atoms with Crippen LogP contribution in [-0.2, 0) is 9.59 Å². The van der Waals surface area contributed by atoms with Crippen LogP contribution in [0.4, 0.5) is 0 Å². The van der Waals surface area contributed by atoms with Crippen LogP contribution in [0.3, 0.4) is 0 Å². The maximum atomic E-state index is 12.9. The third kappa shape index (κ3) is 4.59. The largest absolute Gasteiger partial charge is 0.496 e. The topological polar surface area (TPSA) is 125 Å². The number of methoxy groups -OCH3 is 1.